The van der Waals surface area contributed by atoms with E-state index < -0.39 is 6.04 Å². The number of hydrogen-bond acceptors (Lipinski definition) is 4. The van der Waals surface area contributed by atoms with Gasteiger partial charge in [0.2, 0.25) is 5.91 Å². The van der Waals surface area contributed by atoms with Crippen molar-refractivity contribution in [1.82, 2.24) is 15.6 Å². The number of anilines is 1. The third kappa shape index (κ3) is 3.25. The average Bonchev–Trinajstić information content (AvgIpc) is 3.17. The Morgan fingerprint density at radius 2 is 2.18 bits per heavy atom. The second-order valence-corrected chi connectivity index (χ2v) is 5.90. The van der Waals surface area contributed by atoms with E-state index >= 15 is 0 Å². The van der Waals surface area contributed by atoms with Crippen LogP contribution in [0, 0.1) is 0 Å². The van der Waals surface area contributed by atoms with Crippen LogP contribution in [0.5, 0.6) is 0 Å². The Kier molecular flexibility index (Phi) is 4.34. The summed E-state index contributed by atoms with van der Waals surface area (Å²) in [6.07, 6.45) is 2.30. The molecule has 0 saturated carbocycles. The first-order valence-electron chi connectivity index (χ1n) is 7.03. The van der Waals surface area contributed by atoms with Crippen molar-refractivity contribution in [3.05, 3.63) is 46.9 Å². The number of nitrogens with one attached hydrogen (secondary N) is 2. The van der Waals surface area contributed by atoms with Gasteiger partial charge in [-0.1, -0.05) is 18.2 Å². The van der Waals surface area contributed by atoms with Crippen molar-refractivity contribution in [2.24, 2.45) is 0 Å². The van der Waals surface area contributed by atoms with Crippen LogP contribution in [-0.4, -0.2) is 29.5 Å². The molecular formula is C15H16N4O2S. The fourth-order valence-corrected chi connectivity index (χ4v) is 2.94. The molecule has 7 heteroatoms. The molecule has 1 aromatic carbocycles. The molecular weight excluding hydrogens is 300 g/mol. The highest BCUT2D eigenvalue weighted by Crippen LogP contribution is 2.20. The van der Waals surface area contributed by atoms with Crippen molar-refractivity contribution in [3.63, 3.8) is 0 Å². The van der Waals surface area contributed by atoms with Gasteiger partial charge in [0.1, 0.15) is 11.0 Å². The van der Waals surface area contributed by atoms with Crippen LogP contribution in [0.3, 0.4) is 0 Å². The number of para-hydroxylation sites is 1. The standard InChI is InChI=1S/C15H16N4O2S/c20-14-12(6-8-19(14)11-4-2-1-3-5-11)18-15(21)17-10-13-16-7-9-22-13/h1-5,7,9,12H,6,8,10H2,(H2,17,18,21). The second-order valence-electron chi connectivity index (χ2n) is 4.92. The first kappa shape index (κ1) is 14.5. The van der Waals surface area contributed by atoms with Crippen LogP contribution in [-0.2, 0) is 11.3 Å². The minimum atomic E-state index is -0.475. The number of benzene rings is 1. The first-order valence-corrected chi connectivity index (χ1v) is 7.91. The number of thiazole rings is 1. The number of carbonyl (C=O) groups excluding carboxylic acids is 2. The molecule has 3 rings (SSSR count). The van der Waals surface area contributed by atoms with Gasteiger partial charge in [-0.3, -0.25) is 4.79 Å². The maximum absolute atomic E-state index is 12.3. The quantitative estimate of drug-likeness (QED) is 0.902. The Bertz CT molecular complexity index is 645. The van der Waals surface area contributed by atoms with E-state index in [4.69, 9.17) is 0 Å². The van der Waals surface area contributed by atoms with Crippen molar-refractivity contribution in [2.45, 2.75) is 19.0 Å². The Morgan fingerprint density at radius 1 is 1.36 bits per heavy atom. The molecule has 0 spiro atoms. The average molecular weight is 316 g/mol. The van der Waals surface area contributed by atoms with Gasteiger partial charge >= 0.3 is 6.03 Å². The SMILES string of the molecule is O=C(NCc1nccs1)NC1CCN(c2ccccc2)C1=O. The van der Waals surface area contributed by atoms with E-state index in [-0.39, 0.29) is 11.9 Å². The number of aromatic nitrogens is 1. The number of carbonyl (C=O) groups is 2. The Balaban J connectivity index is 1.53. The van der Waals surface area contributed by atoms with E-state index in [9.17, 15) is 9.59 Å². The highest BCUT2D eigenvalue weighted by Gasteiger charge is 2.33. The molecule has 1 aliphatic rings. The van der Waals surface area contributed by atoms with Gasteiger partial charge in [-0.25, -0.2) is 9.78 Å². The maximum atomic E-state index is 12.3. The lowest BCUT2D eigenvalue weighted by molar-refractivity contribution is -0.118. The lowest BCUT2D eigenvalue weighted by Gasteiger charge is -2.17. The summed E-state index contributed by atoms with van der Waals surface area (Å²) in [5.74, 6) is -0.0735. The van der Waals surface area contributed by atoms with Gasteiger partial charge < -0.3 is 15.5 Å². The molecule has 0 aliphatic carbocycles. The fraction of sp³-hybridized carbons (Fsp3) is 0.267. The lowest BCUT2D eigenvalue weighted by Crippen LogP contribution is -2.45. The summed E-state index contributed by atoms with van der Waals surface area (Å²) in [4.78, 5) is 30.0. The van der Waals surface area contributed by atoms with Gasteiger partial charge in [-0.15, -0.1) is 11.3 Å². The van der Waals surface area contributed by atoms with Gasteiger partial charge in [0, 0.05) is 23.8 Å². The largest absolute Gasteiger partial charge is 0.332 e. The van der Waals surface area contributed by atoms with Crippen LogP contribution in [0.4, 0.5) is 10.5 Å². The molecule has 2 heterocycles. The van der Waals surface area contributed by atoms with Gasteiger partial charge in [0.05, 0.1) is 6.54 Å². The van der Waals surface area contributed by atoms with Crippen LogP contribution in [0.15, 0.2) is 41.9 Å². The second kappa shape index (κ2) is 6.57. The van der Waals surface area contributed by atoms with Crippen molar-refractivity contribution < 1.29 is 9.59 Å². The molecule has 2 aromatic rings. The zero-order valence-corrected chi connectivity index (χ0v) is 12.7. The molecule has 1 aliphatic heterocycles. The zero-order chi connectivity index (χ0) is 15.4. The molecule has 1 atom stereocenters. The third-order valence-electron chi connectivity index (χ3n) is 3.46. The number of rotatable bonds is 4. The van der Waals surface area contributed by atoms with E-state index in [0.717, 1.165) is 10.7 Å². The summed E-state index contributed by atoms with van der Waals surface area (Å²) in [7, 11) is 0. The van der Waals surface area contributed by atoms with E-state index in [1.807, 2.05) is 35.7 Å². The van der Waals surface area contributed by atoms with Crippen molar-refractivity contribution in [3.8, 4) is 0 Å². The van der Waals surface area contributed by atoms with Crippen LogP contribution in [0.25, 0.3) is 0 Å². The van der Waals surface area contributed by atoms with Crippen molar-refractivity contribution in [1.29, 1.82) is 0 Å². The number of hydrogen-bond donors (Lipinski definition) is 2. The molecule has 22 heavy (non-hydrogen) atoms. The Hall–Kier alpha value is -2.41. The van der Waals surface area contributed by atoms with E-state index in [1.54, 1.807) is 11.1 Å². The smallest absolute Gasteiger partial charge is 0.315 e. The van der Waals surface area contributed by atoms with Crippen molar-refractivity contribution >= 4 is 29.0 Å². The molecule has 2 N–H and O–H groups in total. The Morgan fingerprint density at radius 3 is 2.91 bits per heavy atom. The third-order valence-corrected chi connectivity index (χ3v) is 4.24. The topological polar surface area (TPSA) is 74.3 Å². The normalized spacial score (nSPS) is 17.5. The number of nitrogens with zero attached hydrogens (tertiary/aromatic N) is 2. The van der Waals surface area contributed by atoms with Gasteiger partial charge in [-0.2, -0.15) is 0 Å². The summed E-state index contributed by atoms with van der Waals surface area (Å²) >= 11 is 1.48. The first-order chi connectivity index (χ1) is 10.7. The van der Waals surface area contributed by atoms with Crippen LogP contribution in [0.1, 0.15) is 11.4 Å². The monoisotopic (exact) mass is 316 g/mol. The van der Waals surface area contributed by atoms with Gasteiger partial charge in [0.25, 0.3) is 0 Å². The van der Waals surface area contributed by atoms with Gasteiger partial charge in [-0.05, 0) is 18.6 Å². The van der Waals surface area contributed by atoms with Crippen LogP contribution >= 0.6 is 11.3 Å². The highest BCUT2D eigenvalue weighted by atomic mass is 32.1. The number of amides is 3. The molecule has 3 amide bonds. The van der Waals surface area contributed by atoms with E-state index in [0.29, 0.717) is 19.5 Å². The summed E-state index contributed by atoms with van der Waals surface area (Å²) < 4.78 is 0. The molecule has 114 valence electrons. The Labute approximate surface area is 132 Å². The van der Waals surface area contributed by atoms with Crippen LogP contribution in [0.2, 0.25) is 0 Å². The van der Waals surface area contributed by atoms with E-state index in [1.165, 1.54) is 11.3 Å². The lowest BCUT2D eigenvalue weighted by atomic mass is 10.2. The molecule has 1 aromatic heterocycles. The molecule has 1 saturated heterocycles. The maximum Gasteiger partial charge on any atom is 0.315 e. The summed E-state index contributed by atoms with van der Waals surface area (Å²) in [6.45, 7) is 0.979. The molecule has 6 nitrogen and oxygen atoms in total. The zero-order valence-electron chi connectivity index (χ0n) is 11.9. The van der Waals surface area contributed by atoms with Crippen LogP contribution < -0.4 is 15.5 Å². The summed E-state index contributed by atoms with van der Waals surface area (Å²) in [5.41, 5.74) is 0.861. The minimum absolute atomic E-state index is 0.0735. The predicted molar refractivity (Wildman–Crippen MR) is 84.7 cm³/mol. The molecule has 0 bridgehead atoms. The number of urea groups is 1. The molecule has 0 radical (unpaired) electrons. The minimum Gasteiger partial charge on any atom is -0.332 e. The fourth-order valence-electron chi connectivity index (χ4n) is 2.38. The van der Waals surface area contributed by atoms with E-state index in [2.05, 4.69) is 15.6 Å². The highest BCUT2D eigenvalue weighted by molar-refractivity contribution is 7.09. The van der Waals surface area contributed by atoms with Gasteiger partial charge in [0.15, 0.2) is 0 Å². The molecule has 1 unspecified atom stereocenters. The molecule has 1 fully saturated rings. The summed E-state index contributed by atoms with van der Waals surface area (Å²) in [5, 5.41) is 8.13. The predicted octanol–water partition coefficient (Wildman–Crippen LogP) is 1.75. The summed E-state index contributed by atoms with van der Waals surface area (Å²) in [6, 6.07) is 8.66. The van der Waals surface area contributed by atoms with Crippen molar-refractivity contribution in [2.75, 3.05) is 11.4 Å².